The van der Waals surface area contributed by atoms with Crippen molar-refractivity contribution < 1.29 is 24.3 Å². The van der Waals surface area contributed by atoms with Crippen molar-refractivity contribution in [2.45, 2.75) is 38.8 Å². The van der Waals surface area contributed by atoms with Gasteiger partial charge in [0.15, 0.2) is 0 Å². The first-order valence-electron chi connectivity index (χ1n) is 8.59. The van der Waals surface area contributed by atoms with E-state index >= 15 is 0 Å². The molecule has 6 N–H and O–H groups in total. The molecule has 0 spiro atoms. The lowest BCUT2D eigenvalue weighted by atomic mass is 10.0. The first-order chi connectivity index (χ1) is 12.7. The summed E-state index contributed by atoms with van der Waals surface area (Å²) in [5.74, 6) is -2.96. The number of para-hydroxylation sites is 1. The molecule has 0 saturated carbocycles. The van der Waals surface area contributed by atoms with Crippen molar-refractivity contribution >= 4 is 29.4 Å². The lowest BCUT2D eigenvalue weighted by molar-refractivity contribution is -0.140. The van der Waals surface area contributed by atoms with Crippen molar-refractivity contribution in [3.05, 3.63) is 30.3 Å². The molecule has 0 aliphatic heterocycles. The van der Waals surface area contributed by atoms with Gasteiger partial charge in [-0.05, 0) is 24.5 Å². The minimum Gasteiger partial charge on any atom is -0.481 e. The highest BCUT2D eigenvalue weighted by atomic mass is 16.4. The number of carboxylic acids is 1. The number of hydrogen-bond donors (Lipinski definition) is 5. The maximum atomic E-state index is 12.2. The average Bonchev–Trinajstić information content (AvgIpc) is 2.58. The van der Waals surface area contributed by atoms with E-state index in [9.17, 15) is 19.2 Å². The number of amides is 3. The van der Waals surface area contributed by atoms with Crippen molar-refractivity contribution in [2.24, 2.45) is 11.7 Å². The lowest BCUT2D eigenvalue weighted by Gasteiger charge is -2.20. The van der Waals surface area contributed by atoms with Crippen molar-refractivity contribution in [3.8, 4) is 0 Å². The third kappa shape index (κ3) is 8.82. The van der Waals surface area contributed by atoms with E-state index in [1.54, 1.807) is 30.3 Å². The number of nitrogens with two attached hydrogens (primary N) is 1. The molecule has 0 unspecified atom stereocenters. The molecule has 9 heteroatoms. The fraction of sp³-hybridized carbons (Fsp3) is 0.444. The Morgan fingerprint density at radius 3 is 2.26 bits per heavy atom. The van der Waals surface area contributed by atoms with Gasteiger partial charge in [0.2, 0.25) is 17.7 Å². The van der Waals surface area contributed by atoms with Crippen molar-refractivity contribution in [1.82, 2.24) is 10.6 Å². The molecule has 0 aromatic heterocycles. The highest BCUT2D eigenvalue weighted by Gasteiger charge is 2.26. The first kappa shape index (κ1) is 22.1. The van der Waals surface area contributed by atoms with Crippen LogP contribution in [0.5, 0.6) is 0 Å². The maximum Gasteiger partial charge on any atom is 0.305 e. The molecule has 0 aliphatic rings. The number of hydrogen-bond acceptors (Lipinski definition) is 5. The number of benzene rings is 1. The summed E-state index contributed by atoms with van der Waals surface area (Å²) < 4.78 is 0. The van der Waals surface area contributed by atoms with Gasteiger partial charge in [-0.1, -0.05) is 32.0 Å². The molecule has 0 bridgehead atoms. The molecule has 1 rings (SSSR count). The van der Waals surface area contributed by atoms with Gasteiger partial charge in [-0.2, -0.15) is 0 Å². The van der Waals surface area contributed by atoms with E-state index in [4.69, 9.17) is 10.8 Å². The molecule has 1 aromatic carbocycles. The quantitative estimate of drug-likeness (QED) is 0.389. The van der Waals surface area contributed by atoms with E-state index in [1.807, 2.05) is 13.8 Å². The molecular formula is C18H26N4O5. The summed E-state index contributed by atoms with van der Waals surface area (Å²) in [5.41, 5.74) is 6.31. The topological polar surface area (TPSA) is 151 Å². The van der Waals surface area contributed by atoms with Gasteiger partial charge in [0.05, 0.1) is 19.0 Å². The number of carboxylic acid groups (broad SMARTS) is 1. The van der Waals surface area contributed by atoms with Crippen molar-refractivity contribution in [1.29, 1.82) is 0 Å². The molecule has 148 valence electrons. The molecule has 0 saturated heterocycles. The Morgan fingerprint density at radius 2 is 1.70 bits per heavy atom. The van der Waals surface area contributed by atoms with E-state index in [-0.39, 0.29) is 12.5 Å². The van der Waals surface area contributed by atoms with Crippen LogP contribution in [0.3, 0.4) is 0 Å². The molecule has 0 aliphatic carbocycles. The van der Waals surface area contributed by atoms with E-state index in [0.29, 0.717) is 12.1 Å². The molecular weight excluding hydrogens is 352 g/mol. The SMILES string of the molecule is CC(C)C[C@H](N)C(=O)N[C@@H](CC(=O)O)C(=O)NCC(=O)Nc1ccccc1. The second kappa shape index (κ2) is 10.9. The summed E-state index contributed by atoms with van der Waals surface area (Å²) in [6, 6.07) is 6.47. The summed E-state index contributed by atoms with van der Waals surface area (Å²) in [4.78, 5) is 47.1. The fourth-order valence-corrected chi connectivity index (χ4v) is 2.29. The van der Waals surface area contributed by atoms with Crippen LogP contribution in [0.4, 0.5) is 5.69 Å². The van der Waals surface area contributed by atoms with Crippen LogP contribution >= 0.6 is 0 Å². The molecule has 3 amide bonds. The van der Waals surface area contributed by atoms with Crippen LogP contribution in [-0.2, 0) is 19.2 Å². The summed E-state index contributed by atoms with van der Waals surface area (Å²) in [5, 5.41) is 16.2. The molecule has 9 nitrogen and oxygen atoms in total. The predicted molar refractivity (Wildman–Crippen MR) is 99.7 cm³/mol. The van der Waals surface area contributed by atoms with Crippen LogP contribution in [-0.4, -0.2) is 47.4 Å². The Hall–Kier alpha value is -2.94. The Labute approximate surface area is 157 Å². The van der Waals surface area contributed by atoms with Gasteiger partial charge < -0.3 is 26.8 Å². The Kier molecular flexibility index (Phi) is 8.94. The van der Waals surface area contributed by atoms with Gasteiger partial charge >= 0.3 is 5.97 Å². The zero-order valence-corrected chi connectivity index (χ0v) is 15.4. The first-order valence-corrected chi connectivity index (χ1v) is 8.59. The smallest absolute Gasteiger partial charge is 0.305 e. The fourth-order valence-electron chi connectivity index (χ4n) is 2.29. The van der Waals surface area contributed by atoms with E-state index < -0.39 is 42.2 Å². The molecule has 0 radical (unpaired) electrons. The Morgan fingerprint density at radius 1 is 1.07 bits per heavy atom. The molecule has 0 heterocycles. The number of rotatable bonds is 10. The number of nitrogens with one attached hydrogen (secondary N) is 3. The summed E-state index contributed by atoms with van der Waals surface area (Å²) in [7, 11) is 0. The van der Waals surface area contributed by atoms with Crippen molar-refractivity contribution in [2.75, 3.05) is 11.9 Å². The Balaban J connectivity index is 2.59. The average molecular weight is 378 g/mol. The van der Waals surface area contributed by atoms with E-state index in [1.165, 1.54) is 0 Å². The summed E-state index contributed by atoms with van der Waals surface area (Å²) in [6.07, 6.45) is -0.223. The van der Waals surface area contributed by atoms with Crippen LogP contribution in [0.25, 0.3) is 0 Å². The monoisotopic (exact) mass is 378 g/mol. The van der Waals surface area contributed by atoms with Crippen LogP contribution < -0.4 is 21.7 Å². The minimum atomic E-state index is -1.32. The highest BCUT2D eigenvalue weighted by Crippen LogP contribution is 2.05. The standard InChI is InChI=1S/C18H26N4O5/c1-11(2)8-13(19)17(26)22-14(9-16(24)25)18(27)20-10-15(23)21-12-6-4-3-5-7-12/h3-7,11,13-14H,8-10,19H2,1-2H3,(H,20,27)(H,21,23)(H,22,26)(H,24,25)/t13-,14-/m0/s1. The molecule has 0 fully saturated rings. The maximum absolute atomic E-state index is 12.2. The number of carbonyl (C=O) groups is 4. The van der Waals surface area contributed by atoms with Gasteiger partial charge in [0, 0.05) is 5.69 Å². The zero-order chi connectivity index (χ0) is 20.4. The summed E-state index contributed by atoms with van der Waals surface area (Å²) >= 11 is 0. The molecule has 27 heavy (non-hydrogen) atoms. The van der Waals surface area contributed by atoms with Gasteiger partial charge in [0.25, 0.3) is 0 Å². The van der Waals surface area contributed by atoms with Gasteiger partial charge in [-0.25, -0.2) is 0 Å². The molecule has 2 atom stereocenters. The number of aliphatic carboxylic acids is 1. The third-order valence-corrected chi connectivity index (χ3v) is 3.55. The largest absolute Gasteiger partial charge is 0.481 e. The number of anilines is 1. The van der Waals surface area contributed by atoms with Gasteiger partial charge in [0.1, 0.15) is 6.04 Å². The normalized spacial score (nSPS) is 12.7. The highest BCUT2D eigenvalue weighted by molar-refractivity contribution is 5.97. The summed E-state index contributed by atoms with van der Waals surface area (Å²) in [6.45, 7) is 3.41. The minimum absolute atomic E-state index is 0.166. The second-order valence-corrected chi connectivity index (χ2v) is 6.53. The lowest BCUT2D eigenvalue weighted by Crippen LogP contribution is -2.53. The Bertz CT molecular complexity index is 663. The van der Waals surface area contributed by atoms with E-state index in [0.717, 1.165) is 0 Å². The van der Waals surface area contributed by atoms with Gasteiger partial charge in [-0.3, -0.25) is 19.2 Å². The van der Waals surface area contributed by atoms with Crippen LogP contribution in [0.15, 0.2) is 30.3 Å². The van der Waals surface area contributed by atoms with Gasteiger partial charge in [-0.15, -0.1) is 0 Å². The third-order valence-electron chi connectivity index (χ3n) is 3.55. The zero-order valence-electron chi connectivity index (χ0n) is 15.4. The predicted octanol–water partition coefficient (Wildman–Crippen LogP) is 0.0742. The van der Waals surface area contributed by atoms with Crippen LogP contribution in [0, 0.1) is 5.92 Å². The molecule has 1 aromatic rings. The van der Waals surface area contributed by atoms with Crippen LogP contribution in [0.1, 0.15) is 26.7 Å². The van der Waals surface area contributed by atoms with E-state index in [2.05, 4.69) is 16.0 Å². The number of carbonyl (C=O) groups excluding carboxylic acids is 3. The van der Waals surface area contributed by atoms with Crippen molar-refractivity contribution in [3.63, 3.8) is 0 Å². The van der Waals surface area contributed by atoms with Crippen LogP contribution in [0.2, 0.25) is 0 Å². The second-order valence-electron chi connectivity index (χ2n) is 6.53.